The Labute approximate surface area is 225 Å². The van der Waals surface area contributed by atoms with Gasteiger partial charge in [0.2, 0.25) is 0 Å². The minimum atomic E-state index is -0.326. The highest BCUT2D eigenvalue weighted by Gasteiger charge is 2.33. The second-order valence-corrected chi connectivity index (χ2v) is 14.8. The topological polar surface area (TPSA) is 40.5 Å². The van der Waals surface area contributed by atoms with E-state index in [9.17, 15) is 10.2 Å². The largest absolute Gasteiger partial charge is 0.507 e. The first-order valence-corrected chi connectivity index (χ1v) is 13.5. The van der Waals surface area contributed by atoms with E-state index in [1.54, 1.807) is 0 Å². The Hall–Kier alpha value is -2.74. The maximum Gasteiger partial charge on any atom is 0.123 e. The van der Waals surface area contributed by atoms with Crippen molar-refractivity contribution in [2.75, 3.05) is 0 Å². The lowest BCUT2D eigenvalue weighted by atomic mass is 9.72. The summed E-state index contributed by atoms with van der Waals surface area (Å²) in [6.07, 6.45) is 0. The zero-order chi connectivity index (χ0) is 28.1. The van der Waals surface area contributed by atoms with Gasteiger partial charge in [-0.1, -0.05) is 138 Å². The van der Waals surface area contributed by atoms with Gasteiger partial charge < -0.3 is 10.2 Å². The average Bonchev–Trinajstić information content (AvgIpc) is 2.73. The number of phenolic OH excluding ortho intramolecular Hbond substituents is 2. The molecule has 3 aromatic carbocycles. The first-order valence-electron chi connectivity index (χ1n) is 13.5. The molecule has 0 aliphatic heterocycles. The predicted octanol–water partition coefficient (Wildman–Crippen LogP) is 9.47. The summed E-state index contributed by atoms with van der Waals surface area (Å²) in [4.78, 5) is 0. The molecule has 2 nitrogen and oxygen atoms in total. The molecule has 3 aromatic rings. The van der Waals surface area contributed by atoms with Crippen LogP contribution in [0.3, 0.4) is 0 Å². The van der Waals surface area contributed by atoms with Crippen LogP contribution in [0, 0.1) is 0 Å². The summed E-state index contributed by atoms with van der Waals surface area (Å²) in [5.41, 5.74) is 6.24. The Bertz CT molecular complexity index is 1170. The SMILES string of the molecule is CC(C)(C)c1cc(C(c2ccccc2)c2cc(C(C)(C)C)cc(C(C)(C)C)c2O)c(O)c(C(C)(C)C)c1. The molecular formula is C35H48O2. The van der Waals surface area contributed by atoms with Gasteiger partial charge in [0.15, 0.2) is 0 Å². The molecule has 0 atom stereocenters. The van der Waals surface area contributed by atoms with E-state index in [1.165, 1.54) is 11.1 Å². The highest BCUT2D eigenvalue weighted by molar-refractivity contribution is 5.60. The van der Waals surface area contributed by atoms with E-state index in [1.807, 2.05) is 18.2 Å². The van der Waals surface area contributed by atoms with E-state index in [4.69, 9.17) is 0 Å². The second-order valence-electron chi connectivity index (χ2n) is 14.8. The van der Waals surface area contributed by atoms with Gasteiger partial charge in [-0.15, -0.1) is 0 Å². The number of hydrogen-bond donors (Lipinski definition) is 2. The first-order chi connectivity index (χ1) is 16.7. The van der Waals surface area contributed by atoms with Crippen molar-refractivity contribution in [3.05, 3.63) is 93.5 Å². The van der Waals surface area contributed by atoms with Crippen molar-refractivity contribution in [2.45, 2.75) is 111 Å². The molecule has 0 radical (unpaired) electrons. The monoisotopic (exact) mass is 500 g/mol. The van der Waals surface area contributed by atoms with Crippen LogP contribution in [0.1, 0.15) is 128 Å². The lowest BCUT2D eigenvalue weighted by Gasteiger charge is -2.32. The van der Waals surface area contributed by atoms with Gasteiger partial charge in [0.25, 0.3) is 0 Å². The molecule has 0 saturated carbocycles. The number of phenols is 2. The van der Waals surface area contributed by atoms with Gasteiger partial charge in [-0.05, 0) is 49.5 Å². The van der Waals surface area contributed by atoms with E-state index in [-0.39, 0.29) is 27.6 Å². The van der Waals surface area contributed by atoms with E-state index in [0.29, 0.717) is 11.5 Å². The van der Waals surface area contributed by atoms with Gasteiger partial charge in [0.1, 0.15) is 11.5 Å². The lowest BCUT2D eigenvalue weighted by Crippen LogP contribution is -2.20. The van der Waals surface area contributed by atoms with Crippen molar-refractivity contribution < 1.29 is 10.2 Å². The zero-order valence-electron chi connectivity index (χ0n) is 25.2. The molecule has 0 fully saturated rings. The molecule has 0 aliphatic rings. The number of hydrogen-bond acceptors (Lipinski definition) is 2. The van der Waals surface area contributed by atoms with Crippen LogP contribution in [0.2, 0.25) is 0 Å². The third-order valence-corrected chi connectivity index (χ3v) is 7.38. The van der Waals surface area contributed by atoms with E-state index >= 15 is 0 Å². The maximum atomic E-state index is 11.9. The van der Waals surface area contributed by atoms with Crippen LogP contribution in [0.15, 0.2) is 54.6 Å². The standard InChI is InChI=1S/C35H48O2/c1-32(2,3)23-18-25(30(36)27(20-23)34(7,8)9)29(22-16-14-13-15-17-22)26-19-24(33(4,5)6)21-28(31(26)37)35(10,11)12/h13-21,29,36-37H,1-12H3. The minimum Gasteiger partial charge on any atom is -0.507 e. The van der Waals surface area contributed by atoms with E-state index in [0.717, 1.165) is 27.8 Å². The fourth-order valence-corrected chi connectivity index (χ4v) is 4.94. The molecule has 3 rings (SSSR count). The normalized spacial score (nSPS) is 13.3. The molecular weight excluding hydrogens is 452 g/mol. The van der Waals surface area contributed by atoms with Gasteiger partial charge in [0.05, 0.1) is 0 Å². The molecule has 0 spiro atoms. The van der Waals surface area contributed by atoms with Gasteiger partial charge in [-0.2, -0.15) is 0 Å². The van der Waals surface area contributed by atoms with Crippen molar-refractivity contribution in [1.29, 1.82) is 0 Å². The molecule has 200 valence electrons. The lowest BCUT2D eigenvalue weighted by molar-refractivity contribution is 0.429. The summed E-state index contributed by atoms with van der Waals surface area (Å²) in [6.45, 7) is 26.1. The van der Waals surface area contributed by atoms with Crippen molar-refractivity contribution in [3.63, 3.8) is 0 Å². The van der Waals surface area contributed by atoms with Crippen molar-refractivity contribution >= 4 is 0 Å². The van der Waals surface area contributed by atoms with Gasteiger partial charge in [0, 0.05) is 17.0 Å². The summed E-state index contributed by atoms with van der Waals surface area (Å²) < 4.78 is 0. The Morgan fingerprint density at radius 3 is 1.14 bits per heavy atom. The predicted molar refractivity (Wildman–Crippen MR) is 158 cm³/mol. The molecule has 0 aromatic heterocycles. The molecule has 0 aliphatic carbocycles. The fraction of sp³-hybridized carbons (Fsp3) is 0.486. The van der Waals surface area contributed by atoms with Crippen LogP contribution in [0.4, 0.5) is 0 Å². The van der Waals surface area contributed by atoms with Crippen LogP contribution in [0.25, 0.3) is 0 Å². The van der Waals surface area contributed by atoms with Crippen LogP contribution in [-0.2, 0) is 21.7 Å². The quantitative estimate of drug-likeness (QED) is 0.352. The average molecular weight is 501 g/mol. The summed E-state index contributed by atoms with van der Waals surface area (Å²) in [5, 5.41) is 23.8. The number of aromatic hydroxyl groups is 2. The van der Waals surface area contributed by atoms with Gasteiger partial charge in [-0.25, -0.2) is 0 Å². The highest BCUT2D eigenvalue weighted by atomic mass is 16.3. The number of rotatable bonds is 3. The molecule has 2 heteroatoms. The summed E-state index contributed by atoms with van der Waals surface area (Å²) in [7, 11) is 0. The molecule has 37 heavy (non-hydrogen) atoms. The van der Waals surface area contributed by atoms with Crippen LogP contribution >= 0.6 is 0 Å². The van der Waals surface area contributed by atoms with Crippen LogP contribution in [0.5, 0.6) is 11.5 Å². The second kappa shape index (κ2) is 9.53. The van der Waals surface area contributed by atoms with Crippen molar-refractivity contribution in [2.24, 2.45) is 0 Å². The Morgan fingerprint density at radius 1 is 0.486 bits per heavy atom. The first kappa shape index (κ1) is 28.8. The fourth-order valence-electron chi connectivity index (χ4n) is 4.94. The van der Waals surface area contributed by atoms with Crippen molar-refractivity contribution in [3.8, 4) is 11.5 Å². The van der Waals surface area contributed by atoms with Crippen LogP contribution in [-0.4, -0.2) is 10.2 Å². The molecule has 0 bridgehead atoms. The maximum absolute atomic E-state index is 11.9. The smallest absolute Gasteiger partial charge is 0.123 e. The number of benzene rings is 3. The van der Waals surface area contributed by atoms with E-state index in [2.05, 4.69) is 119 Å². The van der Waals surface area contributed by atoms with E-state index < -0.39 is 0 Å². The van der Waals surface area contributed by atoms with Crippen LogP contribution < -0.4 is 0 Å². The molecule has 0 amide bonds. The Morgan fingerprint density at radius 2 is 0.838 bits per heavy atom. The van der Waals surface area contributed by atoms with Gasteiger partial charge >= 0.3 is 0 Å². The summed E-state index contributed by atoms with van der Waals surface area (Å²) in [6, 6.07) is 18.9. The molecule has 0 heterocycles. The van der Waals surface area contributed by atoms with Crippen molar-refractivity contribution in [1.82, 2.24) is 0 Å². The minimum absolute atomic E-state index is 0.102. The zero-order valence-corrected chi connectivity index (χ0v) is 25.2. The Kier molecular flexibility index (Phi) is 7.43. The molecule has 0 unspecified atom stereocenters. The highest BCUT2D eigenvalue weighted by Crippen LogP contribution is 2.49. The van der Waals surface area contributed by atoms with Gasteiger partial charge in [-0.3, -0.25) is 0 Å². The Balaban J connectivity index is 2.53. The third kappa shape index (κ3) is 6.06. The summed E-state index contributed by atoms with van der Waals surface area (Å²) in [5.74, 6) is 0.299. The third-order valence-electron chi connectivity index (χ3n) is 7.38. The molecule has 2 N–H and O–H groups in total. The molecule has 0 saturated heterocycles. The summed E-state index contributed by atoms with van der Waals surface area (Å²) >= 11 is 0.